The van der Waals surface area contributed by atoms with E-state index in [1.165, 1.54) is 0 Å². The lowest BCUT2D eigenvalue weighted by molar-refractivity contribution is 0.0761. The van der Waals surface area contributed by atoms with Crippen molar-refractivity contribution in [2.24, 2.45) is 0 Å². The number of carbonyl (C=O) groups is 1. The number of anilines is 1. The van der Waals surface area contributed by atoms with Gasteiger partial charge in [-0.15, -0.1) is 0 Å². The summed E-state index contributed by atoms with van der Waals surface area (Å²) in [6.45, 7) is 1.15. The van der Waals surface area contributed by atoms with E-state index in [0.29, 0.717) is 36.0 Å². The Labute approximate surface area is 239 Å². The Morgan fingerprint density at radius 3 is 1.93 bits per heavy atom. The molecule has 0 saturated heterocycles. The van der Waals surface area contributed by atoms with Gasteiger partial charge in [0.25, 0.3) is 5.91 Å². The molecule has 0 radical (unpaired) electrons. The number of hydrogen-bond donors (Lipinski definition) is 1. The summed E-state index contributed by atoms with van der Waals surface area (Å²) in [5, 5.41) is 0. The van der Waals surface area contributed by atoms with Gasteiger partial charge in [0.05, 0.1) is 19.9 Å². The summed E-state index contributed by atoms with van der Waals surface area (Å²) in [4.78, 5) is 29.9. The maximum atomic E-state index is 12.6. The van der Waals surface area contributed by atoms with Crippen molar-refractivity contribution in [2.45, 2.75) is 13.1 Å². The first kappa shape index (κ1) is 27.2. The zero-order valence-corrected chi connectivity index (χ0v) is 22.9. The lowest BCUT2D eigenvalue weighted by Crippen LogP contribution is -2.27. The molecule has 206 valence electrons. The highest BCUT2D eigenvalue weighted by Crippen LogP contribution is 2.29. The van der Waals surface area contributed by atoms with Crippen molar-refractivity contribution in [1.82, 2.24) is 15.4 Å². The smallest absolute Gasteiger partial charge is 0.283 e. The van der Waals surface area contributed by atoms with Gasteiger partial charge in [0, 0.05) is 30.4 Å². The van der Waals surface area contributed by atoms with Crippen LogP contribution in [0.15, 0.2) is 115 Å². The van der Waals surface area contributed by atoms with Crippen molar-refractivity contribution in [3.63, 3.8) is 0 Å². The lowest BCUT2D eigenvalue weighted by atomic mass is 10.1. The van der Waals surface area contributed by atoms with Crippen LogP contribution in [0.2, 0.25) is 0 Å². The first-order valence-corrected chi connectivity index (χ1v) is 13.1. The van der Waals surface area contributed by atoms with E-state index in [0.717, 1.165) is 28.2 Å². The zero-order valence-electron chi connectivity index (χ0n) is 22.9. The van der Waals surface area contributed by atoms with E-state index >= 15 is 0 Å². The fourth-order valence-electron chi connectivity index (χ4n) is 4.27. The van der Waals surface area contributed by atoms with Crippen LogP contribution >= 0.6 is 0 Å². The Bertz CT molecular complexity index is 1530. The molecule has 0 saturated carbocycles. The van der Waals surface area contributed by atoms with Crippen molar-refractivity contribution in [3.05, 3.63) is 132 Å². The van der Waals surface area contributed by atoms with Crippen molar-refractivity contribution in [3.8, 4) is 28.5 Å². The van der Waals surface area contributed by atoms with Gasteiger partial charge in [-0.1, -0.05) is 54.6 Å². The molecule has 1 heterocycles. The van der Waals surface area contributed by atoms with Crippen LogP contribution in [0.1, 0.15) is 21.5 Å². The second-order valence-electron chi connectivity index (χ2n) is 9.19. The first-order chi connectivity index (χ1) is 20.1. The van der Waals surface area contributed by atoms with Gasteiger partial charge in [0.15, 0.2) is 5.75 Å². The zero-order chi connectivity index (χ0) is 28.4. The van der Waals surface area contributed by atoms with Crippen molar-refractivity contribution in [1.29, 1.82) is 0 Å². The molecule has 0 unspecified atom stereocenters. The standard InChI is InChI=1S/C33H30N4O4/c1-39-27-16-12-24(13-17-27)22-37(23-25-14-18-28(40-2)19-15-25)33-34-21-20-30(35-33)29-10-6-7-11-31(29)41-36-32(38)26-8-4-3-5-9-26/h3-21H,22-23H2,1-2H3,(H,36,38). The SMILES string of the molecule is COc1ccc(CN(Cc2ccc(OC)cc2)c2nccc(-c3ccccc3ONC(=O)c3ccccc3)n2)cc1. The molecule has 0 fully saturated rings. The Kier molecular flexibility index (Phi) is 8.71. The molecule has 5 rings (SSSR count). The third kappa shape index (κ3) is 6.99. The molecule has 0 bridgehead atoms. The topological polar surface area (TPSA) is 85.8 Å². The maximum Gasteiger partial charge on any atom is 0.283 e. The van der Waals surface area contributed by atoms with E-state index in [1.54, 1.807) is 50.7 Å². The fourth-order valence-corrected chi connectivity index (χ4v) is 4.27. The summed E-state index contributed by atoms with van der Waals surface area (Å²) in [5.74, 6) is 2.28. The van der Waals surface area contributed by atoms with Crippen LogP contribution in [0.25, 0.3) is 11.3 Å². The minimum Gasteiger partial charge on any atom is -0.497 e. The van der Waals surface area contributed by atoms with Gasteiger partial charge >= 0.3 is 0 Å². The van der Waals surface area contributed by atoms with Gasteiger partial charge in [0.2, 0.25) is 5.95 Å². The second kappa shape index (κ2) is 13.1. The first-order valence-electron chi connectivity index (χ1n) is 13.1. The number of hydroxylamine groups is 1. The van der Waals surface area contributed by atoms with Crippen LogP contribution in [-0.2, 0) is 13.1 Å². The lowest BCUT2D eigenvalue weighted by Gasteiger charge is -2.24. The van der Waals surface area contributed by atoms with E-state index in [4.69, 9.17) is 19.3 Å². The van der Waals surface area contributed by atoms with E-state index in [9.17, 15) is 4.79 Å². The average Bonchev–Trinajstić information content (AvgIpc) is 3.04. The number of aromatic nitrogens is 2. The van der Waals surface area contributed by atoms with Crippen LogP contribution in [0.4, 0.5) is 5.95 Å². The molecule has 5 aromatic rings. The molecular formula is C33H30N4O4. The predicted molar refractivity (Wildman–Crippen MR) is 158 cm³/mol. The second-order valence-corrected chi connectivity index (χ2v) is 9.19. The van der Waals surface area contributed by atoms with Crippen molar-refractivity contribution in [2.75, 3.05) is 19.1 Å². The summed E-state index contributed by atoms with van der Waals surface area (Å²) in [6.07, 6.45) is 1.73. The summed E-state index contributed by atoms with van der Waals surface area (Å²) >= 11 is 0. The van der Waals surface area contributed by atoms with E-state index < -0.39 is 0 Å². The summed E-state index contributed by atoms with van der Waals surface area (Å²) < 4.78 is 10.6. The molecule has 0 spiro atoms. The number of carbonyl (C=O) groups excluding carboxylic acids is 1. The summed E-state index contributed by atoms with van der Waals surface area (Å²) in [5.41, 5.74) is 6.59. The number of nitrogens with zero attached hydrogens (tertiary/aromatic N) is 3. The number of benzene rings is 4. The third-order valence-electron chi connectivity index (χ3n) is 6.44. The number of methoxy groups -OCH3 is 2. The van der Waals surface area contributed by atoms with Gasteiger partial charge in [0.1, 0.15) is 11.5 Å². The van der Waals surface area contributed by atoms with E-state index in [2.05, 4.69) is 15.4 Å². The Morgan fingerprint density at radius 1 is 0.732 bits per heavy atom. The molecule has 0 aliphatic carbocycles. The normalized spacial score (nSPS) is 10.5. The van der Waals surface area contributed by atoms with E-state index in [1.807, 2.05) is 78.9 Å². The molecule has 41 heavy (non-hydrogen) atoms. The van der Waals surface area contributed by atoms with Gasteiger partial charge in [-0.25, -0.2) is 9.97 Å². The third-order valence-corrected chi connectivity index (χ3v) is 6.44. The fraction of sp³-hybridized carbons (Fsp3) is 0.121. The Balaban J connectivity index is 1.42. The molecule has 8 nitrogen and oxygen atoms in total. The molecule has 1 amide bonds. The number of para-hydroxylation sites is 1. The molecule has 0 aliphatic heterocycles. The molecule has 8 heteroatoms. The average molecular weight is 547 g/mol. The number of ether oxygens (including phenoxy) is 2. The molecule has 4 aromatic carbocycles. The van der Waals surface area contributed by atoms with Crippen LogP contribution in [0.5, 0.6) is 17.2 Å². The van der Waals surface area contributed by atoms with Crippen molar-refractivity contribution < 1.29 is 19.1 Å². The maximum absolute atomic E-state index is 12.6. The highest BCUT2D eigenvalue weighted by atomic mass is 16.7. The van der Waals surface area contributed by atoms with Gasteiger partial charge in [-0.3, -0.25) is 4.79 Å². The summed E-state index contributed by atoms with van der Waals surface area (Å²) in [6, 6.07) is 34.0. The highest BCUT2D eigenvalue weighted by molar-refractivity contribution is 5.93. The molecular weight excluding hydrogens is 516 g/mol. The van der Waals surface area contributed by atoms with Gasteiger partial charge in [-0.2, -0.15) is 5.48 Å². The molecule has 0 aliphatic rings. The predicted octanol–water partition coefficient (Wildman–Crippen LogP) is 6.09. The monoisotopic (exact) mass is 546 g/mol. The van der Waals surface area contributed by atoms with Crippen LogP contribution in [0.3, 0.4) is 0 Å². The quantitative estimate of drug-likeness (QED) is 0.201. The van der Waals surface area contributed by atoms with Crippen LogP contribution in [-0.4, -0.2) is 30.1 Å². The highest BCUT2D eigenvalue weighted by Gasteiger charge is 2.16. The van der Waals surface area contributed by atoms with Gasteiger partial charge in [-0.05, 0) is 65.7 Å². The summed E-state index contributed by atoms with van der Waals surface area (Å²) in [7, 11) is 3.30. The number of hydrogen-bond acceptors (Lipinski definition) is 7. The number of rotatable bonds is 11. The van der Waals surface area contributed by atoms with Gasteiger partial charge < -0.3 is 19.2 Å². The number of amides is 1. The molecule has 1 N–H and O–H groups in total. The minimum atomic E-state index is -0.339. The molecule has 0 atom stereocenters. The van der Waals surface area contributed by atoms with Crippen LogP contribution < -0.4 is 24.7 Å². The minimum absolute atomic E-state index is 0.339. The largest absolute Gasteiger partial charge is 0.497 e. The van der Waals surface area contributed by atoms with E-state index in [-0.39, 0.29) is 5.91 Å². The number of nitrogens with one attached hydrogen (secondary N) is 1. The Morgan fingerprint density at radius 2 is 1.32 bits per heavy atom. The Hall–Kier alpha value is -5.37. The molecule has 1 aromatic heterocycles. The van der Waals surface area contributed by atoms with Crippen LogP contribution in [0, 0.1) is 0 Å². The van der Waals surface area contributed by atoms with Crippen molar-refractivity contribution >= 4 is 11.9 Å².